The number of halogens is 2. The monoisotopic (exact) mass is 345 g/mol. The summed E-state index contributed by atoms with van der Waals surface area (Å²) in [6.45, 7) is 0. The number of hydrogen-bond acceptors (Lipinski definition) is 1. The first-order chi connectivity index (χ1) is 8.00. The molecule has 1 aromatic carbocycles. The summed E-state index contributed by atoms with van der Waals surface area (Å²) in [7, 11) is 1.68. The Morgan fingerprint density at radius 2 is 1.94 bits per heavy atom. The SMILES string of the molecule is Cn1cc(I)c(-c2ccc(F)cc2)c1C(=O)O. The van der Waals surface area contributed by atoms with Gasteiger partial charge in [-0.05, 0) is 40.3 Å². The fourth-order valence-electron chi connectivity index (χ4n) is 1.74. The Kier molecular flexibility index (Phi) is 3.19. The van der Waals surface area contributed by atoms with Crippen LogP contribution in [0.3, 0.4) is 0 Å². The summed E-state index contributed by atoms with van der Waals surface area (Å²) in [4.78, 5) is 11.2. The van der Waals surface area contributed by atoms with E-state index in [1.807, 2.05) is 0 Å². The smallest absolute Gasteiger partial charge is 0.353 e. The molecule has 5 heteroatoms. The first-order valence-corrected chi connectivity index (χ1v) is 5.92. The molecule has 2 aromatic rings. The topological polar surface area (TPSA) is 42.2 Å². The van der Waals surface area contributed by atoms with Crippen molar-refractivity contribution in [1.82, 2.24) is 4.57 Å². The number of aromatic carboxylic acids is 1. The molecular weight excluding hydrogens is 336 g/mol. The van der Waals surface area contributed by atoms with Gasteiger partial charge in [0.2, 0.25) is 0 Å². The molecule has 0 aliphatic rings. The van der Waals surface area contributed by atoms with Gasteiger partial charge in [0.25, 0.3) is 0 Å². The molecule has 1 N–H and O–H groups in total. The predicted octanol–water partition coefficient (Wildman–Crippen LogP) is 3.13. The van der Waals surface area contributed by atoms with E-state index in [0.717, 1.165) is 3.57 Å². The van der Waals surface area contributed by atoms with Crippen LogP contribution >= 0.6 is 22.6 Å². The van der Waals surface area contributed by atoms with Gasteiger partial charge in [0.15, 0.2) is 0 Å². The van der Waals surface area contributed by atoms with Gasteiger partial charge in [-0.15, -0.1) is 0 Å². The van der Waals surface area contributed by atoms with E-state index in [2.05, 4.69) is 22.6 Å². The van der Waals surface area contributed by atoms with Crippen molar-refractivity contribution in [2.45, 2.75) is 0 Å². The van der Waals surface area contributed by atoms with Gasteiger partial charge >= 0.3 is 5.97 Å². The van der Waals surface area contributed by atoms with Crippen molar-refractivity contribution in [1.29, 1.82) is 0 Å². The van der Waals surface area contributed by atoms with Gasteiger partial charge in [0, 0.05) is 22.4 Å². The fraction of sp³-hybridized carbons (Fsp3) is 0.0833. The second-order valence-corrected chi connectivity index (χ2v) is 4.79. The molecule has 1 aromatic heterocycles. The van der Waals surface area contributed by atoms with Crippen LogP contribution in [0.25, 0.3) is 11.1 Å². The molecule has 0 radical (unpaired) electrons. The third-order valence-corrected chi connectivity index (χ3v) is 3.29. The molecule has 0 fully saturated rings. The number of nitrogens with zero attached hydrogens (tertiary/aromatic N) is 1. The van der Waals surface area contributed by atoms with E-state index in [-0.39, 0.29) is 11.5 Å². The highest BCUT2D eigenvalue weighted by Gasteiger charge is 2.19. The lowest BCUT2D eigenvalue weighted by atomic mass is 10.1. The lowest BCUT2D eigenvalue weighted by Crippen LogP contribution is -2.05. The molecule has 0 bridgehead atoms. The summed E-state index contributed by atoms with van der Waals surface area (Å²) in [6.07, 6.45) is 1.74. The maximum absolute atomic E-state index is 12.8. The average molecular weight is 345 g/mol. The summed E-state index contributed by atoms with van der Waals surface area (Å²) in [5.74, 6) is -1.33. The minimum absolute atomic E-state index is 0.209. The second-order valence-electron chi connectivity index (χ2n) is 3.62. The third kappa shape index (κ3) is 2.19. The van der Waals surface area contributed by atoms with E-state index < -0.39 is 5.97 Å². The Bertz CT molecular complexity index is 575. The maximum atomic E-state index is 12.8. The highest BCUT2D eigenvalue weighted by atomic mass is 127. The van der Waals surface area contributed by atoms with Crippen LogP contribution in [0.2, 0.25) is 0 Å². The molecule has 3 nitrogen and oxygen atoms in total. The van der Waals surface area contributed by atoms with E-state index in [1.54, 1.807) is 29.9 Å². The molecule has 0 saturated heterocycles. The molecule has 0 saturated carbocycles. The molecule has 0 atom stereocenters. The number of carbonyl (C=O) groups is 1. The van der Waals surface area contributed by atoms with Crippen LogP contribution in [-0.4, -0.2) is 15.6 Å². The first kappa shape index (κ1) is 12.1. The van der Waals surface area contributed by atoms with Crippen LogP contribution in [0.15, 0.2) is 30.5 Å². The Morgan fingerprint density at radius 1 is 1.35 bits per heavy atom. The van der Waals surface area contributed by atoms with E-state index >= 15 is 0 Å². The molecule has 17 heavy (non-hydrogen) atoms. The Labute approximate surface area is 111 Å². The van der Waals surface area contributed by atoms with Crippen molar-refractivity contribution in [2.24, 2.45) is 7.05 Å². The first-order valence-electron chi connectivity index (χ1n) is 4.84. The molecule has 2 rings (SSSR count). The zero-order chi connectivity index (χ0) is 12.6. The second kappa shape index (κ2) is 4.48. The van der Waals surface area contributed by atoms with Crippen LogP contribution in [0.4, 0.5) is 4.39 Å². The van der Waals surface area contributed by atoms with Crippen LogP contribution in [0.1, 0.15) is 10.5 Å². The summed E-state index contributed by atoms with van der Waals surface area (Å²) < 4.78 is 15.2. The zero-order valence-electron chi connectivity index (χ0n) is 8.95. The summed E-state index contributed by atoms with van der Waals surface area (Å²) in [5.41, 5.74) is 1.54. The zero-order valence-corrected chi connectivity index (χ0v) is 11.1. The van der Waals surface area contributed by atoms with Crippen LogP contribution < -0.4 is 0 Å². The Hall–Kier alpha value is -1.37. The highest BCUT2D eigenvalue weighted by Crippen LogP contribution is 2.30. The number of hydrogen-bond donors (Lipinski definition) is 1. The number of aromatic nitrogens is 1. The van der Waals surface area contributed by atoms with Crippen LogP contribution in [0.5, 0.6) is 0 Å². The van der Waals surface area contributed by atoms with Gasteiger partial charge in [-0.1, -0.05) is 12.1 Å². The molecule has 0 unspecified atom stereocenters. The summed E-state index contributed by atoms with van der Waals surface area (Å²) >= 11 is 2.07. The van der Waals surface area contributed by atoms with Gasteiger partial charge in [-0.3, -0.25) is 0 Å². The number of rotatable bonds is 2. The van der Waals surface area contributed by atoms with Crippen molar-refractivity contribution < 1.29 is 14.3 Å². The fourth-order valence-corrected chi connectivity index (χ4v) is 2.72. The summed E-state index contributed by atoms with van der Waals surface area (Å²) in [6, 6.07) is 5.81. The Morgan fingerprint density at radius 3 is 2.47 bits per heavy atom. The maximum Gasteiger partial charge on any atom is 0.353 e. The van der Waals surface area contributed by atoms with Crippen molar-refractivity contribution in [3.8, 4) is 11.1 Å². The van der Waals surface area contributed by atoms with Crippen LogP contribution in [0, 0.1) is 9.39 Å². The quantitative estimate of drug-likeness (QED) is 0.850. The largest absolute Gasteiger partial charge is 0.477 e. The number of carboxylic acids is 1. The molecule has 0 spiro atoms. The highest BCUT2D eigenvalue weighted by molar-refractivity contribution is 14.1. The molecular formula is C12H9FINO2. The molecule has 1 heterocycles. The average Bonchev–Trinajstić information content (AvgIpc) is 2.55. The van der Waals surface area contributed by atoms with Crippen molar-refractivity contribution in [3.05, 3.63) is 45.5 Å². The number of benzene rings is 1. The lowest BCUT2D eigenvalue weighted by Gasteiger charge is -2.03. The Balaban J connectivity index is 2.66. The van der Waals surface area contributed by atoms with Gasteiger partial charge in [-0.25, -0.2) is 9.18 Å². The minimum Gasteiger partial charge on any atom is -0.477 e. The third-order valence-electron chi connectivity index (χ3n) is 2.47. The van der Waals surface area contributed by atoms with Gasteiger partial charge in [-0.2, -0.15) is 0 Å². The van der Waals surface area contributed by atoms with Crippen molar-refractivity contribution >= 4 is 28.6 Å². The molecule has 0 aliphatic carbocycles. The lowest BCUT2D eigenvalue weighted by molar-refractivity contribution is 0.0687. The van der Waals surface area contributed by atoms with Gasteiger partial charge in [0.05, 0.1) is 0 Å². The predicted molar refractivity (Wildman–Crippen MR) is 70.5 cm³/mol. The van der Waals surface area contributed by atoms with E-state index in [4.69, 9.17) is 0 Å². The minimum atomic E-state index is -0.991. The normalized spacial score (nSPS) is 10.5. The van der Waals surface area contributed by atoms with Crippen molar-refractivity contribution in [3.63, 3.8) is 0 Å². The van der Waals surface area contributed by atoms with Crippen LogP contribution in [-0.2, 0) is 7.05 Å². The van der Waals surface area contributed by atoms with E-state index in [0.29, 0.717) is 11.1 Å². The molecule has 88 valence electrons. The summed E-state index contributed by atoms with van der Waals surface area (Å²) in [5, 5.41) is 9.18. The molecule has 0 aliphatic heterocycles. The molecule has 0 amide bonds. The number of carboxylic acid groups (broad SMARTS) is 1. The van der Waals surface area contributed by atoms with E-state index in [9.17, 15) is 14.3 Å². The standard InChI is InChI=1S/C12H9FINO2/c1-15-6-9(14)10(11(15)12(16)17)7-2-4-8(13)5-3-7/h2-6H,1H3,(H,16,17). The van der Waals surface area contributed by atoms with Crippen molar-refractivity contribution in [2.75, 3.05) is 0 Å². The number of aryl methyl sites for hydroxylation is 1. The van der Waals surface area contributed by atoms with Gasteiger partial charge in [0.1, 0.15) is 11.5 Å². The van der Waals surface area contributed by atoms with E-state index in [1.165, 1.54) is 12.1 Å². The van der Waals surface area contributed by atoms with Gasteiger partial charge < -0.3 is 9.67 Å².